The van der Waals surface area contributed by atoms with Gasteiger partial charge in [-0.1, -0.05) is 86.5 Å². The van der Waals surface area contributed by atoms with Gasteiger partial charge in [0.05, 0.1) is 25.2 Å². The van der Waals surface area contributed by atoms with E-state index in [1.54, 1.807) is 40.1 Å². The normalized spacial score (nSPS) is 21.0. The molecular weight excluding hydrogens is 786 g/mol. The number of hydrogen-bond acceptors (Lipinski definition) is 5. The number of aliphatic hydroxyl groups is 1. The average molecular weight is 827 g/mol. The number of hydrogen-bond donors (Lipinski definition) is 1. The number of aliphatic hydroxyl groups excluding tert-OH is 1. The lowest BCUT2D eigenvalue weighted by Crippen LogP contribution is -2.33. The first kappa shape index (κ1) is 38.2. The Labute approximate surface area is 314 Å². The van der Waals surface area contributed by atoms with Crippen LogP contribution in [0.5, 0.6) is 0 Å². The van der Waals surface area contributed by atoms with E-state index >= 15 is 0 Å². The molecule has 0 spiro atoms. The third-order valence-electron chi connectivity index (χ3n) is 9.48. The summed E-state index contributed by atoms with van der Waals surface area (Å²) in [5.41, 5.74) is 1.82. The number of halogens is 4. The Morgan fingerprint density at radius 2 is 1.12 bits per heavy atom. The summed E-state index contributed by atoms with van der Waals surface area (Å²) in [6.45, 7) is 8.46. The van der Waals surface area contributed by atoms with Gasteiger partial charge in [0.1, 0.15) is 11.6 Å². The number of amides is 2. The minimum atomic E-state index is -0.878. The lowest BCUT2D eigenvalue weighted by molar-refractivity contribution is 0.0408. The van der Waals surface area contributed by atoms with Crippen LogP contribution in [0.4, 0.5) is 18.4 Å². The zero-order valence-corrected chi connectivity index (χ0v) is 31.6. The maximum Gasteiger partial charge on any atom is 0.411 e. The number of benzene rings is 4. The molecule has 51 heavy (non-hydrogen) atoms. The molecule has 6 rings (SSSR count). The molecule has 2 aliphatic rings. The first-order valence-electron chi connectivity index (χ1n) is 16.6. The molecule has 11 heteroatoms. The molecule has 0 bridgehead atoms. The van der Waals surface area contributed by atoms with Gasteiger partial charge in [0.2, 0.25) is 0 Å². The molecule has 0 radical (unpaired) electrons. The van der Waals surface area contributed by atoms with E-state index in [4.69, 9.17) is 9.47 Å². The molecule has 2 aliphatic heterocycles. The Balaban J connectivity index is 0.000000198. The van der Waals surface area contributed by atoms with Crippen LogP contribution in [0, 0.1) is 11.6 Å². The van der Waals surface area contributed by atoms with E-state index in [0.717, 1.165) is 31.2 Å². The highest BCUT2D eigenvalue weighted by Gasteiger charge is 2.48. The smallest absolute Gasteiger partial charge is 0.411 e. The Morgan fingerprint density at radius 3 is 1.53 bits per heavy atom. The lowest BCUT2D eigenvalue weighted by atomic mass is 9.88. The van der Waals surface area contributed by atoms with Crippen molar-refractivity contribution in [3.05, 3.63) is 153 Å². The number of ether oxygens (including phenoxy) is 2. The number of cyclic esters (lactones) is 2. The van der Waals surface area contributed by atoms with E-state index in [0.29, 0.717) is 32.4 Å². The van der Waals surface area contributed by atoms with Gasteiger partial charge >= 0.3 is 12.2 Å². The predicted octanol–water partition coefficient (Wildman–Crippen LogP) is 10.3. The highest BCUT2D eigenvalue weighted by atomic mass is 79.9. The fraction of sp³-hybridized carbons (Fsp3) is 0.300. The molecule has 4 atom stereocenters. The summed E-state index contributed by atoms with van der Waals surface area (Å²) in [4.78, 5) is 28.6. The molecule has 268 valence electrons. The maximum absolute atomic E-state index is 13.3. The molecule has 4 aromatic carbocycles. The molecule has 2 saturated heterocycles. The van der Waals surface area contributed by atoms with Gasteiger partial charge in [-0.2, -0.15) is 0 Å². The van der Waals surface area contributed by atoms with Gasteiger partial charge in [0.15, 0.2) is 11.2 Å². The zero-order chi connectivity index (χ0) is 36.8. The topological polar surface area (TPSA) is 79.3 Å². The van der Waals surface area contributed by atoms with Gasteiger partial charge in [0.25, 0.3) is 0 Å². The van der Waals surface area contributed by atoms with E-state index in [9.17, 15) is 23.5 Å². The van der Waals surface area contributed by atoms with Gasteiger partial charge in [-0.3, -0.25) is 9.80 Å². The van der Waals surface area contributed by atoms with Crippen molar-refractivity contribution in [2.24, 2.45) is 0 Å². The van der Waals surface area contributed by atoms with Crippen molar-refractivity contribution in [3.8, 4) is 0 Å². The van der Waals surface area contributed by atoms with Crippen LogP contribution < -0.4 is 0 Å². The van der Waals surface area contributed by atoms with Gasteiger partial charge < -0.3 is 14.6 Å². The van der Waals surface area contributed by atoms with Crippen molar-refractivity contribution in [3.63, 3.8) is 0 Å². The van der Waals surface area contributed by atoms with E-state index in [1.807, 2.05) is 62.4 Å². The third-order valence-corrected chi connectivity index (χ3v) is 10.5. The molecule has 2 amide bonds. The van der Waals surface area contributed by atoms with Crippen LogP contribution in [0.3, 0.4) is 0 Å². The molecule has 1 N–H and O–H groups in total. The summed E-state index contributed by atoms with van der Waals surface area (Å²) in [5, 5.41) is 9.26. The average Bonchev–Trinajstić information content (AvgIpc) is 3.65. The van der Waals surface area contributed by atoms with Crippen molar-refractivity contribution in [1.29, 1.82) is 0 Å². The van der Waals surface area contributed by atoms with Gasteiger partial charge in [-0.25, -0.2) is 18.4 Å². The van der Waals surface area contributed by atoms with Crippen LogP contribution in [0.1, 0.15) is 67.4 Å². The van der Waals surface area contributed by atoms with Gasteiger partial charge in [0, 0.05) is 22.0 Å². The summed E-state index contributed by atoms with van der Waals surface area (Å²) < 4.78 is 40.1. The Hall–Kier alpha value is -4.06. The summed E-state index contributed by atoms with van der Waals surface area (Å²) in [5.74, 6) is -0.655. The molecule has 0 saturated carbocycles. The summed E-state index contributed by atoms with van der Waals surface area (Å²) in [6, 6.07) is 27.5. The predicted molar refractivity (Wildman–Crippen MR) is 199 cm³/mol. The molecule has 0 aromatic heterocycles. The molecule has 2 unspecified atom stereocenters. The largest absolute Gasteiger partial charge is 0.436 e. The van der Waals surface area contributed by atoms with Crippen LogP contribution in [0.15, 0.2) is 119 Å². The number of carbonyl (C=O) groups is 2. The van der Waals surface area contributed by atoms with Gasteiger partial charge in [-0.05, 0) is 97.5 Å². The Bertz CT molecular complexity index is 1810. The van der Waals surface area contributed by atoms with Crippen LogP contribution in [-0.4, -0.2) is 46.8 Å². The number of nitrogens with zero attached hydrogens (tertiary/aromatic N) is 2. The van der Waals surface area contributed by atoms with Crippen LogP contribution in [0.25, 0.3) is 0 Å². The molecule has 2 fully saturated rings. The summed E-state index contributed by atoms with van der Waals surface area (Å²) >= 11 is 6.83. The van der Waals surface area contributed by atoms with E-state index in [2.05, 4.69) is 38.4 Å². The zero-order valence-electron chi connectivity index (χ0n) is 28.4. The lowest BCUT2D eigenvalue weighted by Gasteiger charge is -2.28. The second-order valence-corrected chi connectivity index (χ2v) is 14.6. The standard InChI is InChI=1S/C20H21BrFNO3.C20H19BrFNO2/c1-14(15-3-7-17(21)8-4-15)23-13-20(11-2-12-24,26-19(23)25)16-5-9-18(22)10-6-16;1-3-12-20(16-6-10-18(22)11-7-16)13-23(19(24)25-20)14(2)15-4-8-17(21)9-5-15/h3-10,14,24H,2,11-13H2,1H3;3-11,14H,1,12-13H2,2H3/t2*14-,20?/m00/s1. The molecule has 2 heterocycles. The minimum Gasteiger partial charge on any atom is -0.436 e. The van der Waals surface area contributed by atoms with Crippen molar-refractivity contribution in [2.45, 2.75) is 56.4 Å². The first-order valence-corrected chi connectivity index (χ1v) is 18.2. The van der Waals surface area contributed by atoms with Crippen LogP contribution >= 0.6 is 31.9 Å². The van der Waals surface area contributed by atoms with Crippen molar-refractivity contribution < 1.29 is 33.0 Å². The fourth-order valence-corrected chi connectivity index (χ4v) is 7.06. The van der Waals surface area contributed by atoms with E-state index in [-0.39, 0.29) is 36.4 Å². The van der Waals surface area contributed by atoms with E-state index < -0.39 is 17.3 Å². The molecule has 0 aliphatic carbocycles. The van der Waals surface area contributed by atoms with Crippen LogP contribution in [-0.2, 0) is 20.7 Å². The van der Waals surface area contributed by atoms with Crippen molar-refractivity contribution >= 4 is 44.0 Å². The summed E-state index contributed by atoms with van der Waals surface area (Å²) in [7, 11) is 0. The second kappa shape index (κ2) is 16.5. The molecule has 4 aromatic rings. The highest BCUT2D eigenvalue weighted by molar-refractivity contribution is 9.10. The number of carbonyl (C=O) groups excluding carboxylic acids is 2. The van der Waals surface area contributed by atoms with Crippen LogP contribution in [0.2, 0.25) is 0 Å². The monoisotopic (exact) mass is 824 g/mol. The SMILES string of the molecule is C=CCC1(c2ccc(F)cc2)CN([C@@H](C)c2ccc(Br)cc2)C(=O)O1.C[C@@H](c1ccc(Br)cc1)N1CC(CCCO)(c2ccc(F)cc2)OC1=O. The Morgan fingerprint density at radius 1 is 0.725 bits per heavy atom. The summed E-state index contributed by atoms with van der Waals surface area (Å²) in [6.07, 6.45) is 2.39. The first-order chi connectivity index (χ1) is 24.4. The van der Waals surface area contributed by atoms with Crippen molar-refractivity contribution in [2.75, 3.05) is 19.7 Å². The highest BCUT2D eigenvalue weighted by Crippen LogP contribution is 2.42. The molecule has 7 nitrogen and oxygen atoms in total. The van der Waals surface area contributed by atoms with Gasteiger partial charge in [-0.15, -0.1) is 6.58 Å². The quantitative estimate of drug-likeness (QED) is 0.152. The van der Waals surface area contributed by atoms with E-state index in [1.165, 1.54) is 24.3 Å². The second-order valence-electron chi connectivity index (χ2n) is 12.8. The number of rotatable bonds is 11. The molecular formula is C40H40Br2F2N2O5. The maximum atomic E-state index is 13.3. The van der Waals surface area contributed by atoms with Crippen molar-refractivity contribution in [1.82, 2.24) is 9.80 Å². The Kier molecular flexibility index (Phi) is 12.4. The minimum absolute atomic E-state index is 0.00274. The fourth-order valence-electron chi connectivity index (χ4n) is 6.53. The third kappa shape index (κ3) is 8.71.